The summed E-state index contributed by atoms with van der Waals surface area (Å²) < 4.78 is 0. The summed E-state index contributed by atoms with van der Waals surface area (Å²) in [5.74, 6) is -0.424. The number of hydrogen-bond acceptors (Lipinski definition) is 3. The van der Waals surface area contributed by atoms with Gasteiger partial charge in [0.15, 0.2) is 0 Å². The molecule has 5 heteroatoms. The molecule has 0 atom stereocenters. The Bertz CT molecular complexity index is 179. The van der Waals surface area contributed by atoms with Gasteiger partial charge < -0.3 is 11.1 Å². The van der Waals surface area contributed by atoms with Crippen molar-refractivity contribution in [2.75, 3.05) is 13.1 Å². The van der Waals surface area contributed by atoms with Gasteiger partial charge in [0.05, 0.1) is 6.54 Å². The van der Waals surface area contributed by atoms with Crippen LogP contribution in [0.25, 0.3) is 0 Å². The van der Waals surface area contributed by atoms with Gasteiger partial charge in [0, 0.05) is 0 Å². The third kappa shape index (κ3) is 6.76. The van der Waals surface area contributed by atoms with E-state index < -0.39 is 11.9 Å². The standard InChI is InChI=1S/C7H13N3O2/c1-2-3-4-9-5-6(11)10-7(8)12/h2,9H,1,3-5H2,(H3,8,10,11,12). The Morgan fingerprint density at radius 2 is 2.17 bits per heavy atom. The van der Waals surface area contributed by atoms with E-state index in [1.807, 2.05) is 5.32 Å². The molecule has 0 fully saturated rings. The lowest BCUT2D eigenvalue weighted by molar-refractivity contribution is -0.119. The smallest absolute Gasteiger partial charge is 0.318 e. The van der Waals surface area contributed by atoms with Crippen LogP contribution >= 0.6 is 0 Å². The summed E-state index contributed by atoms with van der Waals surface area (Å²) >= 11 is 0. The van der Waals surface area contributed by atoms with Gasteiger partial charge in [-0.2, -0.15) is 0 Å². The normalized spacial score (nSPS) is 9.00. The van der Waals surface area contributed by atoms with E-state index >= 15 is 0 Å². The first-order valence-electron chi connectivity index (χ1n) is 3.57. The van der Waals surface area contributed by atoms with Crippen LogP contribution in [-0.4, -0.2) is 25.0 Å². The molecule has 0 aromatic rings. The van der Waals surface area contributed by atoms with Gasteiger partial charge in [0.1, 0.15) is 0 Å². The van der Waals surface area contributed by atoms with Crippen molar-refractivity contribution in [3.8, 4) is 0 Å². The number of imide groups is 1. The van der Waals surface area contributed by atoms with Gasteiger partial charge in [0.2, 0.25) is 5.91 Å². The molecule has 0 rings (SSSR count). The summed E-state index contributed by atoms with van der Waals surface area (Å²) in [5, 5.41) is 4.73. The molecule has 0 unspecified atom stereocenters. The third-order valence-corrected chi connectivity index (χ3v) is 1.07. The van der Waals surface area contributed by atoms with E-state index in [2.05, 4.69) is 11.9 Å². The Morgan fingerprint density at radius 3 is 2.67 bits per heavy atom. The second-order valence-corrected chi connectivity index (χ2v) is 2.17. The molecule has 0 heterocycles. The lowest BCUT2D eigenvalue weighted by Gasteiger charge is -2.01. The number of primary amides is 1. The second-order valence-electron chi connectivity index (χ2n) is 2.17. The maximum Gasteiger partial charge on any atom is 0.318 e. The predicted molar refractivity (Wildman–Crippen MR) is 45.4 cm³/mol. The second kappa shape index (κ2) is 6.36. The summed E-state index contributed by atoms with van der Waals surface area (Å²) in [4.78, 5) is 20.9. The zero-order chi connectivity index (χ0) is 9.40. The molecule has 4 N–H and O–H groups in total. The van der Waals surface area contributed by atoms with Crippen molar-refractivity contribution in [1.82, 2.24) is 10.6 Å². The molecule has 0 saturated carbocycles. The molecule has 0 spiro atoms. The van der Waals surface area contributed by atoms with Crippen molar-refractivity contribution in [1.29, 1.82) is 0 Å². The van der Waals surface area contributed by atoms with Crippen LogP contribution in [0.15, 0.2) is 12.7 Å². The lowest BCUT2D eigenvalue weighted by atomic mass is 10.4. The molecule has 3 amide bonds. The quantitative estimate of drug-likeness (QED) is 0.379. The Morgan fingerprint density at radius 1 is 1.50 bits per heavy atom. The van der Waals surface area contributed by atoms with Crippen molar-refractivity contribution < 1.29 is 9.59 Å². The first kappa shape index (κ1) is 10.6. The predicted octanol–water partition coefficient (Wildman–Crippen LogP) is -0.653. The molecule has 0 aliphatic rings. The molecule has 0 aromatic carbocycles. The fourth-order valence-electron chi connectivity index (χ4n) is 0.588. The number of rotatable bonds is 5. The molecular weight excluding hydrogens is 158 g/mol. The van der Waals surface area contributed by atoms with Crippen LogP contribution in [0.4, 0.5) is 4.79 Å². The number of hydrogen-bond donors (Lipinski definition) is 3. The van der Waals surface area contributed by atoms with E-state index in [9.17, 15) is 9.59 Å². The number of nitrogens with two attached hydrogens (primary N) is 1. The van der Waals surface area contributed by atoms with Gasteiger partial charge in [0.25, 0.3) is 0 Å². The van der Waals surface area contributed by atoms with Gasteiger partial charge in [-0.3, -0.25) is 10.1 Å². The molecule has 0 saturated heterocycles. The summed E-state index contributed by atoms with van der Waals surface area (Å²) in [6.45, 7) is 4.27. The first-order chi connectivity index (χ1) is 5.66. The minimum atomic E-state index is -0.828. The SMILES string of the molecule is C=CCCNCC(=O)NC(N)=O. The summed E-state index contributed by atoms with van der Waals surface area (Å²) in [5.41, 5.74) is 4.71. The Hall–Kier alpha value is -1.36. The third-order valence-electron chi connectivity index (χ3n) is 1.07. The minimum absolute atomic E-state index is 0.0940. The fourth-order valence-corrected chi connectivity index (χ4v) is 0.588. The molecule has 0 aliphatic heterocycles. The first-order valence-corrected chi connectivity index (χ1v) is 3.57. The topological polar surface area (TPSA) is 84.2 Å². The Kier molecular flexibility index (Phi) is 5.64. The molecule has 0 aliphatic carbocycles. The van der Waals surface area contributed by atoms with E-state index in [-0.39, 0.29) is 6.54 Å². The Balaban J connectivity index is 3.31. The average molecular weight is 171 g/mol. The average Bonchev–Trinajstić information content (AvgIpc) is 1.97. The van der Waals surface area contributed by atoms with E-state index in [4.69, 9.17) is 5.73 Å². The highest BCUT2D eigenvalue weighted by Gasteiger charge is 2.01. The van der Waals surface area contributed by atoms with Crippen molar-refractivity contribution in [3.05, 3.63) is 12.7 Å². The Labute approximate surface area is 71.0 Å². The molecule has 5 nitrogen and oxygen atoms in total. The van der Waals surface area contributed by atoms with Crippen molar-refractivity contribution >= 4 is 11.9 Å². The summed E-state index contributed by atoms with van der Waals surface area (Å²) in [6.07, 6.45) is 2.52. The fraction of sp³-hybridized carbons (Fsp3) is 0.429. The highest BCUT2D eigenvalue weighted by atomic mass is 16.2. The van der Waals surface area contributed by atoms with Crippen molar-refractivity contribution in [2.45, 2.75) is 6.42 Å². The van der Waals surface area contributed by atoms with E-state index in [1.54, 1.807) is 6.08 Å². The zero-order valence-corrected chi connectivity index (χ0v) is 6.80. The van der Waals surface area contributed by atoms with E-state index in [0.29, 0.717) is 6.54 Å². The van der Waals surface area contributed by atoms with Gasteiger partial charge in [-0.25, -0.2) is 4.79 Å². The molecule has 0 bridgehead atoms. The van der Waals surface area contributed by atoms with Gasteiger partial charge in [-0.05, 0) is 13.0 Å². The van der Waals surface area contributed by atoms with Crippen LogP contribution in [0.2, 0.25) is 0 Å². The zero-order valence-electron chi connectivity index (χ0n) is 6.80. The number of urea groups is 1. The van der Waals surface area contributed by atoms with Crippen LogP contribution < -0.4 is 16.4 Å². The molecule has 0 aromatic heterocycles. The van der Waals surface area contributed by atoms with Crippen LogP contribution in [-0.2, 0) is 4.79 Å². The van der Waals surface area contributed by atoms with Gasteiger partial charge in [-0.15, -0.1) is 6.58 Å². The maximum absolute atomic E-state index is 10.7. The molecule has 12 heavy (non-hydrogen) atoms. The van der Waals surface area contributed by atoms with Gasteiger partial charge in [-0.1, -0.05) is 6.08 Å². The highest BCUT2D eigenvalue weighted by molar-refractivity contribution is 5.94. The van der Waals surface area contributed by atoms with E-state index in [1.165, 1.54) is 0 Å². The van der Waals surface area contributed by atoms with Crippen molar-refractivity contribution in [3.63, 3.8) is 0 Å². The van der Waals surface area contributed by atoms with Crippen LogP contribution in [0, 0.1) is 0 Å². The summed E-state index contributed by atoms with van der Waals surface area (Å²) in [6, 6.07) is -0.828. The lowest BCUT2D eigenvalue weighted by Crippen LogP contribution is -2.40. The minimum Gasteiger partial charge on any atom is -0.351 e. The largest absolute Gasteiger partial charge is 0.351 e. The number of nitrogens with one attached hydrogen (secondary N) is 2. The summed E-state index contributed by atoms with van der Waals surface area (Å²) in [7, 11) is 0. The number of carbonyl (C=O) groups excluding carboxylic acids is 2. The number of amides is 3. The molecule has 0 radical (unpaired) electrons. The van der Waals surface area contributed by atoms with Crippen LogP contribution in [0.3, 0.4) is 0 Å². The molecule has 68 valence electrons. The maximum atomic E-state index is 10.7. The highest BCUT2D eigenvalue weighted by Crippen LogP contribution is 1.74. The number of carbonyl (C=O) groups is 2. The van der Waals surface area contributed by atoms with Crippen LogP contribution in [0.5, 0.6) is 0 Å². The molecular formula is C7H13N3O2. The van der Waals surface area contributed by atoms with E-state index in [0.717, 1.165) is 6.42 Å². The van der Waals surface area contributed by atoms with Crippen LogP contribution in [0.1, 0.15) is 6.42 Å². The van der Waals surface area contributed by atoms with Crippen molar-refractivity contribution in [2.24, 2.45) is 5.73 Å². The monoisotopic (exact) mass is 171 g/mol. The van der Waals surface area contributed by atoms with Gasteiger partial charge >= 0.3 is 6.03 Å².